The predicted molar refractivity (Wildman–Crippen MR) is 95.6 cm³/mol. The Hall–Kier alpha value is -2.81. The molecule has 0 saturated heterocycles. The first kappa shape index (κ1) is 16.1. The van der Waals surface area contributed by atoms with Crippen molar-refractivity contribution in [2.45, 2.75) is 19.4 Å². The molecule has 0 spiro atoms. The number of benzene rings is 2. The summed E-state index contributed by atoms with van der Waals surface area (Å²) in [5.74, 6) is 1.34. The monoisotopic (exact) mass is 320 g/mol. The Bertz CT molecular complexity index is 803. The van der Waals surface area contributed by atoms with E-state index < -0.39 is 0 Å². The number of carbonyl (C=O) groups excluding carboxylic acids is 1. The van der Waals surface area contributed by atoms with Gasteiger partial charge in [-0.05, 0) is 30.7 Å². The smallest absolute Gasteiger partial charge is 0.170 e. The maximum atomic E-state index is 12.6. The van der Waals surface area contributed by atoms with Crippen molar-refractivity contribution >= 4 is 11.9 Å². The lowest BCUT2D eigenvalue weighted by molar-refractivity contribution is 0.0849. The highest BCUT2D eigenvalue weighted by Gasteiger charge is 2.30. The van der Waals surface area contributed by atoms with Crippen LogP contribution < -0.4 is 9.47 Å². The molecule has 0 aliphatic carbocycles. The zero-order chi connectivity index (χ0) is 17.1. The van der Waals surface area contributed by atoms with E-state index in [4.69, 9.17) is 9.47 Å². The topological polar surface area (TPSA) is 35.5 Å². The lowest BCUT2D eigenvalue weighted by Gasteiger charge is -2.27. The molecule has 3 nitrogen and oxygen atoms in total. The molecule has 0 fully saturated rings. The van der Waals surface area contributed by atoms with Crippen molar-refractivity contribution in [1.82, 2.24) is 0 Å². The van der Waals surface area contributed by atoms with Crippen LogP contribution in [0.3, 0.4) is 0 Å². The summed E-state index contributed by atoms with van der Waals surface area (Å²) in [5.41, 5.74) is 3.28. The van der Waals surface area contributed by atoms with Crippen LogP contribution in [0.15, 0.2) is 60.7 Å². The summed E-state index contributed by atoms with van der Waals surface area (Å²) in [5, 5.41) is 0. The molecule has 1 heterocycles. The number of ether oxygens (including phenoxy) is 2. The third-order valence-corrected chi connectivity index (χ3v) is 4.01. The number of ketones is 1. The summed E-state index contributed by atoms with van der Waals surface area (Å²) in [7, 11) is 1.61. The van der Waals surface area contributed by atoms with Gasteiger partial charge < -0.3 is 9.47 Å². The van der Waals surface area contributed by atoms with Crippen molar-refractivity contribution in [2.75, 3.05) is 7.11 Å². The van der Waals surface area contributed by atoms with E-state index in [0.717, 1.165) is 16.7 Å². The number of carbonyl (C=O) groups is 1. The highest BCUT2D eigenvalue weighted by atomic mass is 16.5. The third-order valence-electron chi connectivity index (χ3n) is 4.01. The first-order chi connectivity index (χ1) is 11.6. The molecular formula is C21H20O3. The van der Waals surface area contributed by atoms with Crippen LogP contribution in [0.2, 0.25) is 0 Å². The number of rotatable bonds is 4. The van der Waals surface area contributed by atoms with Gasteiger partial charge in [-0.1, -0.05) is 48.6 Å². The first-order valence-corrected chi connectivity index (χ1v) is 7.89. The van der Waals surface area contributed by atoms with Crippen molar-refractivity contribution in [3.05, 3.63) is 77.4 Å². The summed E-state index contributed by atoms with van der Waals surface area (Å²) in [4.78, 5) is 12.6. The third kappa shape index (κ3) is 3.11. The van der Waals surface area contributed by atoms with Crippen molar-refractivity contribution in [1.29, 1.82) is 0 Å². The Balaban J connectivity index is 2.08. The van der Waals surface area contributed by atoms with E-state index in [1.807, 2.05) is 49.4 Å². The SMILES string of the molecule is C=C(C)C=Cc1c(OC)ccc2c1O[C@H](c1ccccc1)CC2=O. The van der Waals surface area contributed by atoms with E-state index in [-0.39, 0.29) is 11.9 Å². The molecule has 0 aromatic heterocycles. The zero-order valence-electron chi connectivity index (χ0n) is 13.9. The molecule has 0 amide bonds. The van der Waals surface area contributed by atoms with Gasteiger partial charge in [0.1, 0.15) is 17.6 Å². The van der Waals surface area contributed by atoms with Crippen molar-refractivity contribution in [2.24, 2.45) is 0 Å². The summed E-state index contributed by atoms with van der Waals surface area (Å²) >= 11 is 0. The van der Waals surface area contributed by atoms with Crippen molar-refractivity contribution < 1.29 is 14.3 Å². The Kier molecular flexibility index (Phi) is 4.52. The van der Waals surface area contributed by atoms with Gasteiger partial charge in [0.2, 0.25) is 0 Å². The number of methoxy groups -OCH3 is 1. The maximum Gasteiger partial charge on any atom is 0.170 e. The zero-order valence-corrected chi connectivity index (χ0v) is 13.9. The summed E-state index contributed by atoms with van der Waals surface area (Å²) in [6.45, 7) is 5.79. The Morgan fingerprint density at radius 2 is 2.00 bits per heavy atom. The van der Waals surface area contributed by atoms with E-state index in [1.165, 1.54) is 0 Å². The van der Waals surface area contributed by atoms with Crippen LogP contribution in [0.25, 0.3) is 6.08 Å². The standard InChI is InChI=1S/C21H20O3/c1-14(2)9-10-17-19(23-3)12-11-16-18(22)13-20(24-21(16)17)15-7-5-4-6-8-15/h4-12,20H,1,13H2,2-3H3/t20-/m0/s1. The second-order valence-electron chi connectivity index (χ2n) is 5.88. The fourth-order valence-electron chi connectivity index (χ4n) is 2.81. The van der Waals surface area contributed by atoms with Crippen LogP contribution in [-0.4, -0.2) is 12.9 Å². The highest BCUT2D eigenvalue weighted by Crippen LogP contribution is 2.41. The molecule has 2 aromatic rings. The van der Waals surface area contributed by atoms with Gasteiger partial charge in [-0.25, -0.2) is 0 Å². The molecule has 0 radical (unpaired) electrons. The van der Waals surface area contributed by atoms with Crippen LogP contribution in [-0.2, 0) is 0 Å². The number of fused-ring (bicyclic) bond motifs is 1. The average molecular weight is 320 g/mol. The minimum absolute atomic E-state index is 0.0812. The van der Waals surface area contributed by atoms with Gasteiger partial charge in [0.15, 0.2) is 5.78 Å². The molecule has 0 N–H and O–H groups in total. The van der Waals surface area contributed by atoms with E-state index >= 15 is 0 Å². The lowest BCUT2D eigenvalue weighted by atomic mass is 9.94. The second kappa shape index (κ2) is 6.75. The molecular weight excluding hydrogens is 300 g/mol. The Morgan fingerprint density at radius 1 is 1.25 bits per heavy atom. The molecule has 0 bridgehead atoms. The van der Waals surface area contributed by atoms with Crippen LogP contribution in [0.4, 0.5) is 0 Å². The molecule has 3 rings (SSSR count). The number of allylic oxidation sites excluding steroid dienone is 2. The summed E-state index contributed by atoms with van der Waals surface area (Å²) < 4.78 is 11.7. The second-order valence-corrected chi connectivity index (χ2v) is 5.88. The Morgan fingerprint density at radius 3 is 2.67 bits per heavy atom. The molecule has 0 saturated carbocycles. The van der Waals surface area contributed by atoms with Gasteiger partial charge in [0.25, 0.3) is 0 Å². The molecule has 2 aromatic carbocycles. The normalized spacial score (nSPS) is 16.6. The summed E-state index contributed by atoms with van der Waals surface area (Å²) in [6.07, 6.45) is 3.83. The van der Waals surface area contributed by atoms with Gasteiger partial charge in [0, 0.05) is 0 Å². The largest absolute Gasteiger partial charge is 0.496 e. The molecule has 0 unspecified atom stereocenters. The minimum atomic E-state index is -0.282. The molecule has 122 valence electrons. The quantitative estimate of drug-likeness (QED) is 0.744. The van der Waals surface area contributed by atoms with E-state index in [9.17, 15) is 4.79 Å². The van der Waals surface area contributed by atoms with E-state index in [0.29, 0.717) is 23.5 Å². The fraction of sp³-hybridized carbons (Fsp3) is 0.190. The van der Waals surface area contributed by atoms with E-state index in [1.54, 1.807) is 19.2 Å². The van der Waals surface area contributed by atoms with Crippen LogP contribution in [0.5, 0.6) is 11.5 Å². The van der Waals surface area contributed by atoms with Crippen molar-refractivity contribution in [3.8, 4) is 11.5 Å². The molecule has 1 aliphatic rings. The molecule has 1 aliphatic heterocycles. The van der Waals surface area contributed by atoms with Crippen molar-refractivity contribution in [3.63, 3.8) is 0 Å². The van der Waals surface area contributed by atoms with Crippen LogP contribution in [0.1, 0.15) is 40.9 Å². The highest BCUT2D eigenvalue weighted by molar-refractivity contribution is 6.01. The van der Waals surface area contributed by atoms with Gasteiger partial charge in [-0.15, -0.1) is 0 Å². The molecule has 1 atom stereocenters. The Labute approximate surface area is 142 Å². The van der Waals surface area contributed by atoms with Gasteiger partial charge >= 0.3 is 0 Å². The fourth-order valence-corrected chi connectivity index (χ4v) is 2.81. The van der Waals surface area contributed by atoms with Gasteiger partial charge in [-0.2, -0.15) is 0 Å². The van der Waals surface area contributed by atoms with Gasteiger partial charge in [0.05, 0.1) is 24.7 Å². The lowest BCUT2D eigenvalue weighted by Crippen LogP contribution is -2.21. The van der Waals surface area contributed by atoms with Crippen LogP contribution >= 0.6 is 0 Å². The minimum Gasteiger partial charge on any atom is -0.496 e. The van der Waals surface area contributed by atoms with Gasteiger partial charge in [-0.3, -0.25) is 4.79 Å². The predicted octanol–water partition coefficient (Wildman–Crippen LogP) is 4.99. The molecule has 3 heteroatoms. The summed E-state index contributed by atoms with van der Waals surface area (Å²) in [6, 6.07) is 13.4. The number of hydrogen-bond acceptors (Lipinski definition) is 3. The molecule has 24 heavy (non-hydrogen) atoms. The average Bonchev–Trinajstić information content (AvgIpc) is 2.60. The number of Topliss-reactive ketones (excluding diaryl/α,β-unsaturated/α-hetero) is 1. The first-order valence-electron chi connectivity index (χ1n) is 7.89. The van der Waals surface area contributed by atoms with E-state index in [2.05, 4.69) is 6.58 Å². The maximum absolute atomic E-state index is 12.6. The van der Waals surface area contributed by atoms with Crippen LogP contribution in [0, 0.1) is 0 Å². The number of hydrogen-bond donors (Lipinski definition) is 0.